The Hall–Kier alpha value is -2.90. The lowest BCUT2D eigenvalue weighted by Gasteiger charge is -2.10. The fourth-order valence-electron chi connectivity index (χ4n) is 2.11. The zero-order valence-electron chi connectivity index (χ0n) is 11.2. The van der Waals surface area contributed by atoms with Crippen LogP contribution in [-0.2, 0) is 9.59 Å². The number of anilines is 2. The minimum atomic E-state index is -0.666. The highest BCUT2D eigenvalue weighted by atomic mass is 16.5. The summed E-state index contributed by atoms with van der Waals surface area (Å²) in [6.07, 6.45) is 1.33. The Labute approximate surface area is 120 Å². The summed E-state index contributed by atoms with van der Waals surface area (Å²) in [6, 6.07) is 6.28. The first-order chi connectivity index (χ1) is 10.2. The molecular formula is C13H13N5O3. The van der Waals surface area contributed by atoms with Crippen LogP contribution < -0.4 is 15.4 Å². The van der Waals surface area contributed by atoms with Gasteiger partial charge in [0.2, 0.25) is 11.9 Å². The van der Waals surface area contributed by atoms with Crippen molar-refractivity contribution in [3.63, 3.8) is 0 Å². The highest BCUT2D eigenvalue weighted by Crippen LogP contribution is 2.24. The van der Waals surface area contributed by atoms with Gasteiger partial charge in [0.15, 0.2) is 0 Å². The number of rotatable bonds is 4. The Morgan fingerprint density at radius 3 is 2.90 bits per heavy atom. The van der Waals surface area contributed by atoms with Crippen molar-refractivity contribution in [3.8, 4) is 5.75 Å². The molecule has 0 radical (unpaired) electrons. The number of ether oxygens (including phenoxy) is 1. The maximum Gasteiger partial charge on any atom is 0.252 e. The molecule has 1 aliphatic rings. The molecule has 108 valence electrons. The SMILES string of the molecule is COc1ccc(NC(=O)C[C@@H]2C(=O)Nc3ncnn32)cc1. The largest absolute Gasteiger partial charge is 0.497 e. The minimum absolute atomic E-state index is 0.00573. The van der Waals surface area contributed by atoms with Crippen LogP contribution in [0.1, 0.15) is 12.5 Å². The number of hydrogen-bond donors (Lipinski definition) is 2. The van der Waals surface area contributed by atoms with Gasteiger partial charge in [0, 0.05) is 5.69 Å². The summed E-state index contributed by atoms with van der Waals surface area (Å²) in [5.41, 5.74) is 0.637. The van der Waals surface area contributed by atoms with Crippen LogP contribution in [0.3, 0.4) is 0 Å². The van der Waals surface area contributed by atoms with Crippen LogP contribution in [0.4, 0.5) is 11.6 Å². The standard InChI is InChI=1S/C13H13N5O3/c1-21-9-4-2-8(3-5-9)16-11(19)6-10-12(20)17-13-14-7-15-18(10)13/h2-5,7,10H,6H2,1H3,(H,16,19)(H,14,15,17,20)/t10-/m1/s1. The van der Waals surface area contributed by atoms with Gasteiger partial charge < -0.3 is 10.1 Å². The number of benzene rings is 1. The molecule has 21 heavy (non-hydrogen) atoms. The molecule has 1 aromatic heterocycles. The molecule has 3 rings (SSSR count). The molecule has 8 heteroatoms. The van der Waals surface area contributed by atoms with E-state index in [0.29, 0.717) is 17.4 Å². The van der Waals surface area contributed by atoms with Gasteiger partial charge >= 0.3 is 0 Å². The summed E-state index contributed by atoms with van der Waals surface area (Å²) in [5, 5.41) is 9.23. The zero-order valence-corrected chi connectivity index (χ0v) is 11.2. The first-order valence-corrected chi connectivity index (χ1v) is 6.31. The quantitative estimate of drug-likeness (QED) is 0.867. The number of nitrogens with zero attached hydrogens (tertiary/aromatic N) is 3. The van der Waals surface area contributed by atoms with Gasteiger partial charge in [-0.05, 0) is 24.3 Å². The van der Waals surface area contributed by atoms with Gasteiger partial charge in [-0.3, -0.25) is 14.9 Å². The van der Waals surface area contributed by atoms with Crippen molar-refractivity contribution >= 4 is 23.5 Å². The van der Waals surface area contributed by atoms with Gasteiger partial charge in [0.1, 0.15) is 18.1 Å². The molecule has 0 fully saturated rings. The van der Waals surface area contributed by atoms with E-state index >= 15 is 0 Å². The molecule has 2 N–H and O–H groups in total. The Kier molecular flexibility index (Phi) is 3.27. The Morgan fingerprint density at radius 1 is 1.43 bits per heavy atom. The number of fused-ring (bicyclic) bond motifs is 1. The Morgan fingerprint density at radius 2 is 2.19 bits per heavy atom. The maximum absolute atomic E-state index is 12.0. The van der Waals surface area contributed by atoms with Crippen molar-refractivity contribution < 1.29 is 14.3 Å². The molecule has 8 nitrogen and oxygen atoms in total. The van der Waals surface area contributed by atoms with Crippen molar-refractivity contribution in [1.29, 1.82) is 0 Å². The highest BCUT2D eigenvalue weighted by Gasteiger charge is 2.33. The van der Waals surface area contributed by atoms with Crippen LogP contribution in [0.5, 0.6) is 5.75 Å². The van der Waals surface area contributed by atoms with Crippen molar-refractivity contribution in [2.75, 3.05) is 17.7 Å². The number of carbonyl (C=O) groups excluding carboxylic acids is 2. The molecule has 0 aliphatic carbocycles. The van der Waals surface area contributed by atoms with Crippen molar-refractivity contribution in [2.24, 2.45) is 0 Å². The normalized spacial score (nSPS) is 16.2. The van der Waals surface area contributed by atoms with Crippen LogP contribution in [0.15, 0.2) is 30.6 Å². The molecule has 2 amide bonds. The summed E-state index contributed by atoms with van der Waals surface area (Å²) in [5.74, 6) is 0.511. The molecule has 1 aromatic carbocycles. The number of amides is 2. The second-order valence-electron chi connectivity index (χ2n) is 4.51. The number of aromatic nitrogens is 3. The smallest absolute Gasteiger partial charge is 0.252 e. The number of hydrogen-bond acceptors (Lipinski definition) is 5. The van der Waals surface area contributed by atoms with Crippen molar-refractivity contribution in [1.82, 2.24) is 14.8 Å². The lowest BCUT2D eigenvalue weighted by atomic mass is 10.2. The van der Waals surface area contributed by atoms with E-state index in [1.165, 1.54) is 11.0 Å². The Balaban J connectivity index is 1.65. The molecule has 2 aromatic rings. The van der Waals surface area contributed by atoms with Crippen LogP contribution in [0.25, 0.3) is 0 Å². The van der Waals surface area contributed by atoms with Crippen LogP contribution >= 0.6 is 0 Å². The van der Waals surface area contributed by atoms with E-state index in [9.17, 15) is 9.59 Å². The van der Waals surface area contributed by atoms with Crippen molar-refractivity contribution in [3.05, 3.63) is 30.6 Å². The third-order valence-corrected chi connectivity index (χ3v) is 3.16. The van der Waals surface area contributed by atoms with E-state index in [2.05, 4.69) is 20.7 Å². The molecule has 0 unspecified atom stereocenters. The molecule has 1 atom stereocenters. The lowest BCUT2D eigenvalue weighted by molar-refractivity contribution is -0.123. The van der Waals surface area contributed by atoms with Crippen LogP contribution in [-0.4, -0.2) is 33.7 Å². The van der Waals surface area contributed by atoms with E-state index in [4.69, 9.17) is 4.74 Å². The second-order valence-corrected chi connectivity index (χ2v) is 4.51. The molecule has 0 spiro atoms. The van der Waals surface area contributed by atoms with Crippen LogP contribution in [0.2, 0.25) is 0 Å². The first kappa shape index (κ1) is 13.1. The molecule has 2 heterocycles. The lowest BCUT2D eigenvalue weighted by Crippen LogP contribution is -2.23. The third-order valence-electron chi connectivity index (χ3n) is 3.16. The number of nitrogens with one attached hydrogen (secondary N) is 2. The van der Waals surface area contributed by atoms with E-state index in [-0.39, 0.29) is 18.2 Å². The van der Waals surface area contributed by atoms with Gasteiger partial charge in [0.05, 0.1) is 13.5 Å². The first-order valence-electron chi connectivity index (χ1n) is 6.31. The molecule has 1 aliphatic heterocycles. The fraction of sp³-hybridized carbons (Fsp3) is 0.231. The van der Waals surface area contributed by atoms with Gasteiger partial charge in [-0.15, -0.1) is 0 Å². The summed E-state index contributed by atoms with van der Waals surface area (Å²) >= 11 is 0. The van der Waals surface area contributed by atoms with E-state index in [1.807, 2.05) is 0 Å². The summed E-state index contributed by atoms with van der Waals surface area (Å²) in [7, 11) is 1.57. The zero-order chi connectivity index (χ0) is 14.8. The average Bonchev–Trinajstić information content (AvgIpc) is 3.03. The van der Waals surface area contributed by atoms with Gasteiger partial charge in [-0.25, -0.2) is 4.68 Å². The predicted molar refractivity (Wildman–Crippen MR) is 73.9 cm³/mol. The van der Waals surface area contributed by atoms with E-state index in [0.717, 1.165) is 0 Å². The summed E-state index contributed by atoms with van der Waals surface area (Å²) < 4.78 is 6.45. The minimum Gasteiger partial charge on any atom is -0.497 e. The highest BCUT2D eigenvalue weighted by molar-refractivity contribution is 6.00. The van der Waals surface area contributed by atoms with Gasteiger partial charge in [0.25, 0.3) is 5.91 Å². The van der Waals surface area contributed by atoms with Gasteiger partial charge in [-0.1, -0.05) is 0 Å². The summed E-state index contributed by atoms with van der Waals surface area (Å²) in [4.78, 5) is 27.7. The average molecular weight is 287 g/mol. The fourth-order valence-corrected chi connectivity index (χ4v) is 2.11. The van der Waals surface area contributed by atoms with Gasteiger partial charge in [-0.2, -0.15) is 10.1 Å². The molecule has 0 bridgehead atoms. The maximum atomic E-state index is 12.0. The van der Waals surface area contributed by atoms with Crippen LogP contribution in [0, 0.1) is 0 Å². The Bertz CT molecular complexity index is 679. The predicted octanol–water partition coefficient (Wildman–Crippen LogP) is 0.809. The topological polar surface area (TPSA) is 98.1 Å². The third kappa shape index (κ3) is 2.55. The molecule has 0 saturated carbocycles. The summed E-state index contributed by atoms with van der Waals surface area (Å²) in [6.45, 7) is 0. The van der Waals surface area contributed by atoms with E-state index < -0.39 is 6.04 Å². The monoisotopic (exact) mass is 287 g/mol. The molecule has 0 saturated heterocycles. The second kappa shape index (κ2) is 5.23. The number of methoxy groups -OCH3 is 1. The van der Waals surface area contributed by atoms with E-state index in [1.54, 1.807) is 31.4 Å². The number of carbonyl (C=O) groups is 2. The van der Waals surface area contributed by atoms with Crippen molar-refractivity contribution in [2.45, 2.75) is 12.5 Å². The molecular weight excluding hydrogens is 274 g/mol.